The third kappa shape index (κ3) is 1.39. The Hall–Kier alpha value is -1.10. The van der Waals surface area contributed by atoms with E-state index in [9.17, 15) is 9.59 Å². The van der Waals surface area contributed by atoms with Gasteiger partial charge in [-0.05, 0) is 22.0 Å². The number of carbonyl (C=O) groups is 2. The minimum Gasteiger partial charge on any atom is -0.352 e. The highest BCUT2D eigenvalue weighted by atomic mass is 79.9. The summed E-state index contributed by atoms with van der Waals surface area (Å²) < 4.78 is 0.655. The number of rotatable bonds is 0. The number of hydrogen-bond donors (Lipinski definition) is 2. The Labute approximate surface area is 82.8 Å². The zero-order valence-corrected chi connectivity index (χ0v) is 8.27. The summed E-state index contributed by atoms with van der Waals surface area (Å²) in [5.41, 5.74) is 0.830. The summed E-state index contributed by atoms with van der Waals surface area (Å²) in [6.45, 7) is 0.414. The lowest BCUT2D eigenvalue weighted by molar-refractivity contribution is 0.0956. The molecule has 0 spiro atoms. The quantitative estimate of drug-likeness (QED) is 0.716. The number of carbonyl (C=O) groups excluding carboxylic acids is 2. The van der Waals surface area contributed by atoms with Crippen LogP contribution in [0.25, 0.3) is 0 Å². The molecule has 0 radical (unpaired) electrons. The molecule has 1 aromatic heterocycles. The van der Waals surface area contributed by atoms with Crippen LogP contribution in [-0.2, 0) is 0 Å². The summed E-state index contributed by atoms with van der Waals surface area (Å²) in [6, 6.07) is 1.62. The second kappa shape index (κ2) is 2.99. The first-order valence-corrected chi connectivity index (χ1v) is 4.67. The summed E-state index contributed by atoms with van der Waals surface area (Å²) in [5.74, 6) is -0.221. The van der Waals surface area contributed by atoms with Crippen molar-refractivity contribution in [3.8, 4) is 0 Å². The first-order valence-electron chi connectivity index (χ1n) is 3.88. The Morgan fingerprint density at radius 3 is 2.92 bits per heavy atom. The van der Waals surface area contributed by atoms with Crippen molar-refractivity contribution in [3.63, 3.8) is 0 Å². The maximum Gasteiger partial charge on any atom is 0.253 e. The van der Waals surface area contributed by atoms with Gasteiger partial charge in [-0.15, -0.1) is 0 Å². The zero-order valence-electron chi connectivity index (χ0n) is 6.69. The van der Waals surface area contributed by atoms with Crippen LogP contribution in [0.4, 0.5) is 0 Å². The van der Waals surface area contributed by atoms with Gasteiger partial charge in [0.1, 0.15) is 0 Å². The molecule has 0 fully saturated rings. The Morgan fingerprint density at radius 1 is 1.38 bits per heavy atom. The maximum absolute atomic E-state index is 11.4. The number of nitrogens with one attached hydrogen (secondary N) is 2. The molecule has 5 heteroatoms. The van der Waals surface area contributed by atoms with Gasteiger partial charge in [0.25, 0.3) is 5.91 Å². The van der Waals surface area contributed by atoms with E-state index < -0.39 is 0 Å². The molecular weight excluding hydrogens is 236 g/mol. The van der Waals surface area contributed by atoms with Crippen LogP contribution < -0.4 is 5.32 Å². The number of ketones is 1. The van der Waals surface area contributed by atoms with Crippen LogP contribution in [0.15, 0.2) is 10.7 Å². The van der Waals surface area contributed by atoms with Gasteiger partial charge in [0.15, 0.2) is 5.78 Å². The van der Waals surface area contributed by atoms with E-state index in [2.05, 4.69) is 26.2 Å². The molecule has 1 aliphatic heterocycles. The lowest BCUT2D eigenvalue weighted by Gasteiger charge is -1.95. The second-order valence-electron chi connectivity index (χ2n) is 2.84. The van der Waals surface area contributed by atoms with Gasteiger partial charge < -0.3 is 10.3 Å². The van der Waals surface area contributed by atoms with Crippen molar-refractivity contribution >= 4 is 27.6 Å². The molecule has 0 saturated carbocycles. The Kier molecular flexibility index (Phi) is 1.95. The minimum absolute atomic E-state index is 0.0287. The highest BCUT2D eigenvalue weighted by Gasteiger charge is 2.22. The third-order valence-corrected chi connectivity index (χ3v) is 2.37. The van der Waals surface area contributed by atoms with E-state index in [1.807, 2.05) is 0 Å². The fraction of sp³-hybridized carbons (Fsp3) is 0.250. The van der Waals surface area contributed by atoms with E-state index in [4.69, 9.17) is 0 Å². The van der Waals surface area contributed by atoms with Crippen LogP contribution in [0, 0.1) is 0 Å². The highest BCUT2D eigenvalue weighted by Crippen LogP contribution is 2.18. The van der Waals surface area contributed by atoms with Gasteiger partial charge in [0.2, 0.25) is 0 Å². The Bertz CT molecular complexity index is 350. The number of hydrogen-bond acceptors (Lipinski definition) is 2. The number of aromatic nitrogens is 1. The molecule has 2 heterocycles. The summed E-state index contributed by atoms with van der Waals surface area (Å²) in [5, 5.41) is 2.64. The molecule has 0 aliphatic carbocycles. The summed E-state index contributed by atoms with van der Waals surface area (Å²) in [7, 11) is 0. The van der Waals surface area contributed by atoms with Crippen molar-refractivity contribution in [3.05, 3.63) is 21.9 Å². The largest absolute Gasteiger partial charge is 0.352 e. The SMILES string of the molecule is O=C1NCCC(=O)c2[nH]c(Br)cc21. The van der Waals surface area contributed by atoms with E-state index in [0.717, 1.165) is 0 Å². The molecule has 4 nitrogen and oxygen atoms in total. The average Bonchev–Trinajstić information content (AvgIpc) is 2.41. The van der Waals surface area contributed by atoms with Crippen LogP contribution in [0.2, 0.25) is 0 Å². The van der Waals surface area contributed by atoms with E-state index in [0.29, 0.717) is 28.8 Å². The van der Waals surface area contributed by atoms with Crippen LogP contribution in [0.5, 0.6) is 0 Å². The smallest absolute Gasteiger partial charge is 0.253 e. The molecule has 2 rings (SSSR count). The van der Waals surface area contributed by atoms with E-state index in [-0.39, 0.29) is 11.7 Å². The van der Waals surface area contributed by atoms with Crippen LogP contribution in [-0.4, -0.2) is 23.2 Å². The van der Waals surface area contributed by atoms with E-state index in [1.54, 1.807) is 6.07 Å². The average molecular weight is 243 g/mol. The van der Waals surface area contributed by atoms with Gasteiger partial charge in [-0.1, -0.05) is 0 Å². The van der Waals surface area contributed by atoms with Crippen LogP contribution in [0.3, 0.4) is 0 Å². The first-order chi connectivity index (χ1) is 6.18. The summed E-state index contributed by atoms with van der Waals surface area (Å²) in [6.07, 6.45) is 0.353. The van der Waals surface area contributed by atoms with Crippen molar-refractivity contribution in [1.29, 1.82) is 0 Å². The number of fused-ring (bicyclic) bond motifs is 1. The molecule has 0 atom stereocenters. The number of aromatic amines is 1. The normalized spacial score (nSPS) is 16.4. The molecule has 1 aliphatic rings. The van der Waals surface area contributed by atoms with Gasteiger partial charge >= 0.3 is 0 Å². The molecule has 1 amide bonds. The van der Waals surface area contributed by atoms with Crippen molar-refractivity contribution < 1.29 is 9.59 Å². The standard InChI is InChI=1S/C8H7BrN2O2/c9-6-3-4-7(11-6)5(12)1-2-10-8(4)13/h3,11H,1-2H2,(H,10,13). The van der Waals surface area contributed by atoms with Crippen molar-refractivity contribution in [2.45, 2.75) is 6.42 Å². The monoisotopic (exact) mass is 242 g/mol. The van der Waals surface area contributed by atoms with Crippen LogP contribution in [0.1, 0.15) is 27.3 Å². The second-order valence-corrected chi connectivity index (χ2v) is 3.69. The van der Waals surface area contributed by atoms with Gasteiger partial charge in [-0.2, -0.15) is 0 Å². The number of amides is 1. The third-order valence-electron chi connectivity index (χ3n) is 1.95. The van der Waals surface area contributed by atoms with E-state index >= 15 is 0 Å². The fourth-order valence-electron chi connectivity index (χ4n) is 1.33. The fourth-order valence-corrected chi connectivity index (χ4v) is 1.76. The van der Waals surface area contributed by atoms with E-state index in [1.165, 1.54) is 0 Å². The Balaban J connectivity index is 2.56. The van der Waals surface area contributed by atoms with Crippen molar-refractivity contribution in [1.82, 2.24) is 10.3 Å². The molecule has 1 aromatic rings. The molecule has 2 N–H and O–H groups in total. The van der Waals surface area contributed by atoms with Crippen molar-refractivity contribution in [2.24, 2.45) is 0 Å². The predicted octanol–water partition coefficient (Wildman–Crippen LogP) is 1.09. The summed E-state index contributed by atoms with van der Waals surface area (Å²) in [4.78, 5) is 25.6. The van der Waals surface area contributed by atoms with Crippen LogP contribution >= 0.6 is 15.9 Å². The molecule has 0 bridgehead atoms. The van der Waals surface area contributed by atoms with Gasteiger partial charge in [0, 0.05) is 13.0 Å². The van der Waals surface area contributed by atoms with Gasteiger partial charge in [-0.25, -0.2) is 0 Å². The zero-order chi connectivity index (χ0) is 9.42. The lowest BCUT2D eigenvalue weighted by atomic mass is 10.1. The topological polar surface area (TPSA) is 62.0 Å². The number of H-pyrrole nitrogens is 1. The number of halogens is 1. The molecule has 0 unspecified atom stereocenters. The molecular formula is C8H7BrN2O2. The number of Topliss-reactive ketones (excluding diaryl/α,β-unsaturated/α-hetero) is 1. The van der Waals surface area contributed by atoms with Gasteiger partial charge in [0.05, 0.1) is 15.9 Å². The predicted molar refractivity (Wildman–Crippen MR) is 49.8 cm³/mol. The lowest BCUT2D eigenvalue weighted by Crippen LogP contribution is -2.22. The molecule has 13 heavy (non-hydrogen) atoms. The minimum atomic E-state index is -0.192. The van der Waals surface area contributed by atoms with Gasteiger partial charge in [-0.3, -0.25) is 9.59 Å². The molecule has 0 saturated heterocycles. The molecule has 68 valence electrons. The van der Waals surface area contributed by atoms with Crippen molar-refractivity contribution in [2.75, 3.05) is 6.54 Å². The summed E-state index contributed by atoms with van der Waals surface area (Å²) >= 11 is 3.19. The highest BCUT2D eigenvalue weighted by molar-refractivity contribution is 9.10. The Morgan fingerprint density at radius 2 is 2.15 bits per heavy atom. The first kappa shape index (κ1) is 8.50. The maximum atomic E-state index is 11.4. The molecule has 0 aromatic carbocycles.